The topological polar surface area (TPSA) is 69.6 Å². The summed E-state index contributed by atoms with van der Waals surface area (Å²) in [6.07, 6.45) is 7.59. The summed E-state index contributed by atoms with van der Waals surface area (Å²) in [6.45, 7) is 2.43. The third kappa shape index (κ3) is 6.05. The molecule has 0 aromatic carbocycles. The quantitative estimate of drug-likeness (QED) is 0.735. The molecule has 2 N–H and O–H groups in total. The minimum absolute atomic E-state index is 0.0913. The summed E-state index contributed by atoms with van der Waals surface area (Å²) in [5.74, 6) is -0.242. The van der Waals surface area contributed by atoms with Crippen LogP contribution in [0.2, 0.25) is 0 Å². The van der Waals surface area contributed by atoms with Crippen LogP contribution in [0, 0.1) is 5.92 Å². The molecule has 5 nitrogen and oxygen atoms in total. The summed E-state index contributed by atoms with van der Waals surface area (Å²) < 4.78 is 0. The first-order chi connectivity index (χ1) is 9.00. The van der Waals surface area contributed by atoms with Gasteiger partial charge in [0.25, 0.3) is 0 Å². The molecule has 0 spiro atoms. The first kappa shape index (κ1) is 16.0. The van der Waals surface area contributed by atoms with Crippen LogP contribution in [0.1, 0.15) is 45.4 Å². The largest absolute Gasteiger partial charge is 0.480 e. The number of nitrogens with one attached hydrogen (secondary N) is 1. The Bertz CT molecular complexity index is 301. The first-order valence-corrected chi connectivity index (χ1v) is 7.20. The predicted molar refractivity (Wildman–Crippen MR) is 73.9 cm³/mol. The van der Waals surface area contributed by atoms with Gasteiger partial charge in [-0.3, -0.25) is 14.5 Å². The van der Waals surface area contributed by atoms with Crippen molar-refractivity contribution in [1.82, 2.24) is 10.2 Å². The van der Waals surface area contributed by atoms with Crippen molar-refractivity contribution in [3.8, 4) is 0 Å². The number of carbonyl (C=O) groups excluding carboxylic acids is 1. The zero-order valence-electron chi connectivity index (χ0n) is 12.0. The Morgan fingerprint density at radius 2 is 1.95 bits per heavy atom. The molecule has 0 aromatic rings. The number of carboxylic acid groups (broad SMARTS) is 1. The predicted octanol–water partition coefficient (Wildman–Crippen LogP) is 1.48. The van der Waals surface area contributed by atoms with Crippen LogP contribution in [-0.2, 0) is 9.59 Å². The van der Waals surface area contributed by atoms with E-state index in [1.54, 1.807) is 14.0 Å². The molecule has 0 aliphatic heterocycles. The summed E-state index contributed by atoms with van der Waals surface area (Å²) >= 11 is 0. The minimum atomic E-state index is -0.905. The number of likely N-dealkylation sites (N-methyl/N-ethyl adjacent to an activating group) is 1. The van der Waals surface area contributed by atoms with Gasteiger partial charge < -0.3 is 10.4 Å². The molecule has 1 aliphatic rings. The van der Waals surface area contributed by atoms with Crippen LogP contribution in [0.15, 0.2) is 0 Å². The molecule has 0 aromatic heterocycles. The molecule has 1 unspecified atom stereocenters. The third-order valence-corrected chi connectivity index (χ3v) is 4.01. The van der Waals surface area contributed by atoms with Crippen LogP contribution >= 0.6 is 0 Å². The maximum absolute atomic E-state index is 11.7. The van der Waals surface area contributed by atoms with Crippen LogP contribution in [0.3, 0.4) is 0 Å². The van der Waals surface area contributed by atoms with E-state index >= 15 is 0 Å². The Labute approximate surface area is 115 Å². The van der Waals surface area contributed by atoms with E-state index < -0.39 is 12.0 Å². The van der Waals surface area contributed by atoms with Crippen molar-refractivity contribution in [2.45, 2.75) is 51.5 Å². The van der Waals surface area contributed by atoms with Gasteiger partial charge in [0.1, 0.15) is 6.04 Å². The minimum Gasteiger partial charge on any atom is -0.480 e. The molecule has 0 radical (unpaired) electrons. The number of aliphatic carboxylic acids is 1. The van der Waals surface area contributed by atoms with Gasteiger partial charge in [-0.25, -0.2) is 0 Å². The van der Waals surface area contributed by atoms with E-state index in [1.165, 1.54) is 37.0 Å². The fraction of sp³-hybridized carbons (Fsp3) is 0.857. The zero-order valence-corrected chi connectivity index (χ0v) is 12.0. The van der Waals surface area contributed by atoms with Gasteiger partial charge in [-0.15, -0.1) is 0 Å². The molecule has 19 heavy (non-hydrogen) atoms. The molecule has 1 saturated carbocycles. The molecule has 1 fully saturated rings. The molecule has 5 heteroatoms. The van der Waals surface area contributed by atoms with Crippen molar-refractivity contribution in [2.24, 2.45) is 5.92 Å². The fourth-order valence-electron chi connectivity index (χ4n) is 2.50. The van der Waals surface area contributed by atoms with E-state index in [9.17, 15) is 9.59 Å². The molecule has 110 valence electrons. The number of amides is 1. The Morgan fingerprint density at radius 3 is 2.53 bits per heavy atom. The lowest BCUT2D eigenvalue weighted by atomic mass is 9.87. The Morgan fingerprint density at radius 1 is 1.32 bits per heavy atom. The molecule has 0 heterocycles. The Kier molecular flexibility index (Phi) is 6.84. The van der Waals surface area contributed by atoms with Crippen molar-refractivity contribution in [3.63, 3.8) is 0 Å². The number of carbonyl (C=O) groups is 2. The van der Waals surface area contributed by atoms with E-state index in [1.807, 2.05) is 0 Å². The maximum Gasteiger partial charge on any atom is 0.320 e. The van der Waals surface area contributed by atoms with E-state index in [4.69, 9.17) is 5.11 Å². The highest BCUT2D eigenvalue weighted by Gasteiger charge is 2.19. The highest BCUT2D eigenvalue weighted by Crippen LogP contribution is 2.25. The standard InChI is InChI=1S/C14H26N2O3/c1-11(14(18)19)16(2)10-13(17)15-9-8-12-6-4-3-5-7-12/h11-12H,3-10H2,1-2H3,(H,15,17)(H,18,19). The van der Waals surface area contributed by atoms with Gasteiger partial charge >= 0.3 is 5.97 Å². The Balaban J connectivity index is 2.15. The van der Waals surface area contributed by atoms with Crippen molar-refractivity contribution >= 4 is 11.9 Å². The summed E-state index contributed by atoms with van der Waals surface area (Å²) in [7, 11) is 1.65. The average molecular weight is 270 g/mol. The van der Waals surface area contributed by atoms with Crippen LogP contribution in [0.4, 0.5) is 0 Å². The van der Waals surface area contributed by atoms with Gasteiger partial charge in [0.05, 0.1) is 6.54 Å². The number of carboxylic acids is 1. The number of nitrogens with zero attached hydrogens (tertiary/aromatic N) is 1. The van der Waals surface area contributed by atoms with Gasteiger partial charge in [-0.05, 0) is 26.3 Å². The van der Waals surface area contributed by atoms with Gasteiger partial charge in [0.15, 0.2) is 0 Å². The molecule has 1 rings (SSSR count). The number of hydrogen-bond donors (Lipinski definition) is 2. The van der Waals surface area contributed by atoms with E-state index in [-0.39, 0.29) is 12.5 Å². The zero-order chi connectivity index (χ0) is 14.3. The lowest BCUT2D eigenvalue weighted by Gasteiger charge is -2.22. The molecule has 0 saturated heterocycles. The lowest BCUT2D eigenvalue weighted by molar-refractivity contribution is -0.142. The third-order valence-electron chi connectivity index (χ3n) is 4.01. The summed E-state index contributed by atoms with van der Waals surface area (Å²) in [4.78, 5) is 24.0. The highest BCUT2D eigenvalue weighted by atomic mass is 16.4. The Hall–Kier alpha value is -1.10. The average Bonchev–Trinajstić information content (AvgIpc) is 2.38. The summed E-state index contributed by atoms with van der Waals surface area (Å²) in [5.41, 5.74) is 0. The second-order valence-corrected chi connectivity index (χ2v) is 5.57. The molecule has 1 atom stereocenters. The van der Waals surface area contributed by atoms with Gasteiger partial charge in [0.2, 0.25) is 5.91 Å². The second-order valence-electron chi connectivity index (χ2n) is 5.57. The molecular formula is C14H26N2O3. The van der Waals surface area contributed by atoms with Crippen molar-refractivity contribution in [2.75, 3.05) is 20.1 Å². The smallest absolute Gasteiger partial charge is 0.320 e. The summed E-state index contributed by atoms with van der Waals surface area (Å²) in [6, 6.07) is -0.635. The molecule has 0 bridgehead atoms. The van der Waals surface area contributed by atoms with Crippen LogP contribution in [-0.4, -0.2) is 48.1 Å². The number of rotatable bonds is 7. The van der Waals surface area contributed by atoms with Crippen molar-refractivity contribution in [1.29, 1.82) is 0 Å². The first-order valence-electron chi connectivity index (χ1n) is 7.20. The van der Waals surface area contributed by atoms with Crippen molar-refractivity contribution in [3.05, 3.63) is 0 Å². The lowest BCUT2D eigenvalue weighted by Crippen LogP contribution is -2.43. The van der Waals surface area contributed by atoms with Crippen molar-refractivity contribution < 1.29 is 14.7 Å². The van der Waals surface area contributed by atoms with Crippen LogP contribution in [0.25, 0.3) is 0 Å². The highest BCUT2D eigenvalue weighted by molar-refractivity contribution is 5.79. The van der Waals surface area contributed by atoms with Gasteiger partial charge in [0, 0.05) is 6.54 Å². The van der Waals surface area contributed by atoms with Crippen LogP contribution < -0.4 is 5.32 Å². The maximum atomic E-state index is 11.7. The molecular weight excluding hydrogens is 244 g/mol. The summed E-state index contributed by atoms with van der Waals surface area (Å²) in [5, 5.41) is 11.7. The molecule has 1 aliphatic carbocycles. The normalized spacial score (nSPS) is 18.3. The fourth-order valence-corrected chi connectivity index (χ4v) is 2.50. The van der Waals surface area contributed by atoms with E-state index in [0.29, 0.717) is 6.54 Å². The van der Waals surface area contributed by atoms with Gasteiger partial charge in [-0.2, -0.15) is 0 Å². The monoisotopic (exact) mass is 270 g/mol. The van der Waals surface area contributed by atoms with E-state index in [2.05, 4.69) is 5.32 Å². The molecule has 1 amide bonds. The SMILES string of the molecule is CC(C(=O)O)N(C)CC(=O)NCCC1CCCCC1. The number of hydrogen-bond acceptors (Lipinski definition) is 3. The van der Waals surface area contributed by atoms with Gasteiger partial charge in [-0.1, -0.05) is 32.1 Å². The second kappa shape index (κ2) is 8.15. The van der Waals surface area contributed by atoms with E-state index in [0.717, 1.165) is 12.3 Å². The van der Waals surface area contributed by atoms with Crippen LogP contribution in [0.5, 0.6) is 0 Å².